The molecule has 0 fully saturated rings. The Kier molecular flexibility index (Phi) is 9.29. The summed E-state index contributed by atoms with van der Waals surface area (Å²) in [6.07, 6.45) is 0. The van der Waals surface area contributed by atoms with Crippen molar-refractivity contribution in [2.45, 2.75) is 9.79 Å². The van der Waals surface area contributed by atoms with E-state index in [0.717, 1.165) is 0 Å². The molecule has 0 aliphatic carbocycles. The van der Waals surface area contributed by atoms with Crippen molar-refractivity contribution in [2.75, 3.05) is 36.1 Å². The van der Waals surface area contributed by atoms with Crippen LogP contribution < -0.4 is 29.0 Å². The molecule has 0 bridgehead atoms. The highest BCUT2D eigenvalue weighted by Crippen LogP contribution is 2.32. The predicted molar refractivity (Wildman–Crippen MR) is 163 cm³/mol. The van der Waals surface area contributed by atoms with Crippen LogP contribution in [0.15, 0.2) is 99.2 Å². The van der Waals surface area contributed by atoms with E-state index in [1.54, 1.807) is 36.4 Å². The molecule has 1 amide bonds. The Labute approximate surface area is 252 Å². The number of hydrogen-bond acceptors (Lipinski definition) is 8. The van der Waals surface area contributed by atoms with Crippen LogP contribution in [0.1, 0.15) is 10.4 Å². The molecule has 0 aliphatic heterocycles. The van der Waals surface area contributed by atoms with Crippen molar-refractivity contribution in [1.29, 1.82) is 0 Å². The van der Waals surface area contributed by atoms with E-state index in [1.807, 2.05) is 0 Å². The molecular weight excluding hydrogens is 650 g/mol. The van der Waals surface area contributed by atoms with Crippen LogP contribution in [0.25, 0.3) is 0 Å². The fourth-order valence-corrected chi connectivity index (χ4v) is 6.61. The minimum atomic E-state index is -4.14. The number of rotatable bonds is 11. The Bertz CT molecular complexity index is 1810. The first-order valence-electron chi connectivity index (χ1n) is 12.1. The highest BCUT2D eigenvalue weighted by atomic mass is 79.9. The van der Waals surface area contributed by atoms with Gasteiger partial charge in [0.15, 0.2) is 0 Å². The van der Waals surface area contributed by atoms with Gasteiger partial charge in [0.1, 0.15) is 22.1 Å². The number of carbonyl (C=O) groups is 1. The van der Waals surface area contributed by atoms with Crippen LogP contribution in [0.5, 0.6) is 17.2 Å². The van der Waals surface area contributed by atoms with Gasteiger partial charge in [0.05, 0.1) is 36.4 Å². The van der Waals surface area contributed by atoms with Crippen molar-refractivity contribution in [2.24, 2.45) is 0 Å². The van der Waals surface area contributed by atoms with E-state index < -0.39 is 26.0 Å². The molecule has 42 heavy (non-hydrogen) atoms. The van der Waals surface area contributed by atoms with Gasteiger partial charge in [-0.1, -0.05) is 0 Å². The second-order valence-corrected chi connectivity index (χ2v) is 12.8. The number of carbonyl (C=O) groups excluding carboxylic acids is 1. The lowest BCUT2D eigenvalue weighted by Crippen LogP contribution is -2.16. The number of halogens is 1. The number of ether oxygens (including phenoxy) is 3. The van der Waals surface area contributed by atoms with Crippen LogP contribution in [0.3, 0.4) is 0 Å². The van der Waals surface area contributed by atoms with Crippen molar-refractivity contribution >= 4 is 58.9 Å². The third-order valence-corrected chi connectivity index (χ3v) is 9.30. The van der Waals surface area contributed by atoms with Gasteiger partial charge in [-0.15, -0.1) is 0 Å². The van der Waals surface area contributed by atoms with Gasteiger partial charge in [-0.05, 0) is 101 Å². The Morgan fingerprint density at radius 1 is 0.643 bits per heavy atom. The number of benzene rings is 4. The smallest absolute Gasteiger partial charge is 0.265 e. The van der Waals surface area contributed by atoms with Crippen molar-refractivity contribution in [3.63, 3.8) is 0 Å². The van der Waals surface area contributed by atoms with E-state index in [-0.39, 0.29) is 32.5 Å². The van der Waals surface area contributed by atoms with Crippen molar-refractivity contribution in [1.82, 2.24) is 0 Å². The number of nitrogens with one attached hydrogen (secondary N) is 3. The summed E-state index contributed by atoms with van der Waals surface area (Å²) in [5.74, 6) is 0.589. The van der Waals surface area contributed by atoms with Gasteiger partial charge >= 0.3 is 0 Å². The first-order chi connectivity index (χ1) is 20.0. The van der Waals surface area contributed by atoms with Gasteiger partial charge in [0, 0.05) is 16.9 Å². The first kappa shape index (κ1) is 30.7. The first-order valence-corrected chi connectivity index (χ1v) is 15.8. The van der Waals surface area contributed by atoms with Gasteiger partial charge in [0.2, 0.25) is 0 Å². The molecule has 11 nitrogen and oxygen atoms in total. The molecule has 0 saturated carbocycles. The fraction of sp³-hybridized carbons (Fsp3) is 0.107. The van der Waals surface area contributed by atoms with E-state index in [0.29, 0.717) is 21.7 Å². The number of methoxy groups -OCH3 is 3. The zero-order chi connectivity index (χ0) is 30.5. The van der Waals surface area contributed by atoms with Crippen LogP contribution in [-0.4, -0.2) is 44.1 Å². The van der Waals surface area contributed by atoms with Crippen LogP contribution in [0.4, 0.5) is 17.1 Å². The zero-order valence-corrected chi connectivity index (χ0v) is 25.8. The molecule has 0 spiro atoms. The van der Waals surface area contributed by atoms with Gasteiger partial charge in [-0.2, -0.15) is 0 Å². The molecule has 0 aromatic heterocycles. The highest BCUT2D eigenvalue weighted by molar-refractivity contribution is 9.10. The molecule has 220 valence electrons. The monoisotopic (exact) mass is 675 g/mol. The average molecular weight is 677 g/mol. The van der Waals surface area contributed by atoms with Gasteiger partial charge in [0.25, 0.3) is 26.0 Å². The minimum Gasteiger partial charge on any atom is -0.497 e. The van der Waals surface area contributed by atoms with E-state index >= 15 is 0 Å². The lowest BCUT2D eigenvalue weighted by molar-refractivity contribution is 0.102. The SMILES string of the molecule is COc1ccc(NS(=O)(=O)c2ccc(C(=O)Nc3ccc(OC)c(S(=O)(=O)Nc4ccc(OC)c(Br)c4)c3)cc2)cc1. The molecule has 0 atom stereocenters. The van der Waals surface area contributed by atoms with E-state index in [1.165, 1.54) is 69.9 Å². The summed E-state index contributed by atoms with van der Waals surface area (Å²) in [5, 5.41) is 2.63. The van der Waals surface area contributed by atoms with Gasteiger partial charge in [-0.3, -0.25) is 14.2 Å². The van der Waals surface area contributed by atoms with Crippen molar-refractivity contribution in [3.05, 3.63) is 95.0 Å². The number of sulfonamides is 2. The van der Waals surface area contributed by atoms with Crippen LogP contribution in [0, 0.1) is 0 Å². The molecule has 4 aromatic rings. The molecule has 0 unspecified atom stereocenters. The third kappa shape index (κ3) is 7.13. The normalized spacial score (nSPS) is 11.3. The zero-order valence-electron chi connectivity index (χ0n) is 22.5. The molecular formula is C28H26BrN3O8S2. The quantitative estimate of drug-likeness (QED) is 0.193. The maximum atomic E-state index is 13.2. The van der Waals surface area contributed by atoms with E-state index in [4.69, 9.17) is 14.2 Å². The summed E-state index contributed by atoms with van der Waals surface area (Å²) >= 11 is 3.32. The maximum Gasteiger partial charge on any atom is 0.265 e. The Balaban J connectivity index is 1.50. The number of amides is 1. The largest absolute Gasteiger partial charge is 0.497 e. The summed E-state index contributed by atoms with van der Waals surface area (Å²) in [5.41, 5.74) is 0.947. The third-order valence-electron chi connectivity index (χ3n) is 5.88. The molecule has 0 radical (unpaired) electrons. The van der Waals surface area contributed by atoms with Crippen LogP contribution in [-0.2, 0) is 20.0 Å². The fourth-order valence-electron chi connectivity index (χ4n) is 3.77. The van der Waals surface area contributed by atoms with Gasteiger partial charge in [-0.25, -0.2) is 16.8 Å². The molecule has 14 heteroatoms. The molecule has 0 aliphatic rings. The lowest BCUT2D eigenvalue weighted by Gasteiger charge is -2.14. The van der Waals surface area contributed by atoms with E-state index in [2.05, 4.69) is 30.7 Å². The van der Waals surface area contributed by atoms with Crippen LogP contribution >= 0.6 is 15.9 Å². The van der Waals surface area contributed by atoms with Crippen molar-refractivity contribution < 1.29 is 35.8 Å². The maximum absolute atomic E-state index is 13.2. The molecule has 0 heterocycles. The number of hydrogen-bond donors (Lipinski definition) is 3. The van der Waals surface area contributed by atoms with Crippen molar-refractivity contribution in [3.8, 4) is 17.2 Å². The summed E-state index contributed by atoms with van der Waals surface area (Å²) in [6.45, 7) is 0. The Morgan fingerprint density at radius 3 is 1.81 bits per heavy atom. The molecule has 4 rings (SSSR count). The molecule has 4 aromatic carbocycles. The molecule has 3 N–H and O–H groups in total. The van der Waals surface area contributed by atoms with Crippen LogP contribution in [0.2, 0.25) is 0 Å². The summed E-state index contributed by atoms with van der Waals surface area (Å²) in [6, 6.07) is 20.5. The summed E-state index contributed by atoms with van der Waals surface area (Å²) in [7, 11) is -3.72. The standard InChI is InChI=1S/C28H26BrN3O8S2/c1-38-22-10-6-19(7-11-22)31-41(34,35)23-12-4-18(5-13-23)28(33)30-20-8-15-26(40-3)27(17-20)42(36,37)32-21-9-14-25(39-2)24(29)16-21/h4-17,31-32H,1-3H3,(H,30,33). The Morgan fingerprint density at radius 2 is 1.21 bits per heavy atom. The Hall–Kier alpha value is -4.27. The average Bonchev–Trinajstić information content (AvgIpc) is 2.97. The summed E-state index contributed by atoms with van der Waals surface area (Å²) < 4.78 is 73.0. The summed E-state index contributed by atoms with van der Waals surface area (Å²) in [4.78, 5) is 12.7. The highest BCUT2D eigenvalue weighted by Gasteiger charge is 2.22. The lowest BCUT2D eigenvalue weighted by atomic mass is 10.2. The van der Waals surface area contributed by atoms with Gasteiger partial charge < -0.3 is 19.5 Å². The topological polar surface area (TPSA) is 149 Å². The second-order valence-electron chi connectivity index (χ2n) is 8.63. The minimum absolute atomic E-state index is 0.0519. The number of anilines is 3. The second kappa shape index (κ2) is 12.7. The molecule has 0 saturated heterocycles. The predicted octanol–water partition coefficient (Wildman–Crippen LogP) is 5.33. The van der Waals surface area contributed by atoms with E-state index in [9.17, 15) is 21.6 Å².